The zero-order chi connectivity index (χ0) is 10.3. The maximum Gasteiger partial charge on any atom is 0.236 e. The third-order valence-electron chi connectivity index (χ3n) is 1.51. The minimum Gasteiger partial charge on any atom is -0.383 e. The molecule has 76 valence electrons. The van der Waals surface area contributed by atoms with Gasteiger partial charge in [0.15, 0.2) is 0 Å². The van der Waals surface area contributed by atoms with E-state index in [1.807, 2.05) is 0 Å². The first-order valence-electron chi connectivity index (χ1n) is 4.08. The smallest absolute Gasteiger partial charge is 0.236 e. The van der Waals surface area contributed by atoms with Gasteiger partial charge in [-0.2, -0.15) is 0 Å². The molecular formula is C8H16N2O3. The Morgan fingerprint density at radius 1 is 1.46 bits per heavy atom. The van der Waals surface area contributed by atoms with Crippen molar-refractivity contribution in [1.82, 2.24) is 4.90 Å². The molecule has 0 aromatic heterocycles. The Labute approximate surface area is 77.8 Å². The first-order chi connectivity index (χ1) is 6.11. The fourth-order valence-corrected chi connectivity index (χ4v) is 0.891. The Morgan fingerprint density at radius 2 is 2.08 bits per heavy atom. The van der Waals surface area contributed by atoms with Crippen LogP contribution in [0.3, 0.4) is 0 Å². The second-order valence-electron chi connectivity index (χ2n) is 2.71. The van der Waals surface area contributed by atoms with Crippen molar-refractivity contribution in [2.24, 2.45) is 5.73 Å². The fraction of sp³-hybridized carbons (Fsp3) is 0.750. The van der Waals surface area contributed by atoms with Crippen LogP contribution in [0, 0.1) is 0 Å². The van der Waals surface area contributed by atoms with Crippen LogP contribution in [0.5, 0.6) is 0 Å². The van der Waals surface area contributed by atoms with Crippen LogP contribution in [0.15, 0.2) is 0 Å². The maximum atomic E-state index is 11.1. The van der Waals surface area contributed by atoms with E-state index in [0.29, 0.717) is 13.2 Å². The lowest BCUT2D eigenvalue weighted by molar-refractivity contribution is -0.134. The molecule has 0 heterocycles. The number of amides is 1. The summed E-state index contributed by atoms with van der Waals surface area (Å²) in [5, 5.41) is 0. The molecule has 0 aliphatic carbocycles. The van der Waals surface area contributed by atoms with Gasteiger partial charge in [-0.1, -0.05) is 0 Å². The zero-order valence-electron chi connectivity index (χ0n) is 8.08. The number of ketones is 1. The predicted molar refractivity (Wildman–Crippen MR) is 48.2 cm³/mol. The van der Waals surface area contributed by atoms with E-state index in [4.69, 9.17) is 10.5 Å². The van der Waals surface area contributed by atoms with Crippen molar-refractivity contribution in [3.8, 4) is 0 Å². The summed E-state index contributed by atoms with van der Waals surface area (Å²) in [7, 11) is 1.54. The highest BCUT2D eigenvalue weighted by molar-refractivity contribution is 5.85. The predicted octanol–water partition coefficient (Wildman–Crippen LogP) is -0.991. The van der Waals surface area contributed by atoms with E-state index >= 15 is 0 Å². The standard InChI is InChI=1S/C8H16N2O3/c1-7(11)6-10(3-4-13-2)8(12)5-9/h3-6,9H2,1-2H3. The van der Waals surface area contributed by atoms with Crippen molar-refractivity contribution in [2.75, 3.05) is 33.4 Å². The molecule has 13 heavy (non-hydrogen) atoms. The normalized spacial score (nSPS) is 9.77. The van der Waals surface area contributed by atoms with Gasteiger partial charge < -0.3 is 15.4 Å². The van der Waals surface area contributed by atoms with Gasteiger partial charge in [-0.3, -0.25) is 9.59 Å². The highest BCUT2D eigenvalue weighted by Crippen LogP contribution is 1.89. The molecule has 0 bridgehead atoms. The van der Waals surface area contributed by atoms with Gasteiger partial charge in [-0.25, -0.2) is 0 Å². The first kappa shape index (κ1) is 12.1. The molecule has 0 radical (unpaired) electrons. The van der Waals surface area contributed by atoms with Crippen LogP contribution in [0.1, 0.15) is 6.92 Å². The minimum atomic E-state index is -0.229. The summed E-state index contributed by atoms with van der Waals surface area (Å²) in [6.45, 7) is 2.30. The number of carbonyl (C=O) groups is 2. The summed E-state index contributed by atoms with van der Waals surface area (Å²) in [5.41, 5.74) is 5.18. The number of ether oxygens (including phenoxy) is 1. The summed E-state index contributed by atoms with van der Waals surface area (Å²) in [6.07, 6.45) is 0. The monoisotopic (exact) mass is 188 g/mol. The first-order valence-corrected chi connectivity index (χ1v) is 4.08. The molecule has 0 rings (SSSR count). The number of nitrogens with zero attached hydrogens (tertiary/aromatic N) is 1. The molecule has 0 saturated heterocycles. The number of rotatable bonds is 6. The molecule has 0 atom stereocenters. The number of Topliss-reactive ketones (excluding diaryl/α,β-unsaturated/α-hetero) is 1. The van der Waals surface area contributed by atoms with Crippen molar-refractivity contribution >= 4 is 11.7 Å². The quantitative estimate of drug-likeness (QED) is 0.581. The van der Waals surface area contributed by atoms with Crippen LogP contribution in [0.2, 0.25) is 0 Å². The summed E-state index contributed by atoms with van der Waals surface area (Å²) in [6, 6.07) is 0. The van der Waals surface area contributed by atoms with Gasteiger partial charge in [0.05, 0.1) is 19.7 Å². The van der Waals surface area contributed by atoms with Gasteiger partial charge in [0.25, 0.3) is 0 Å². The maximum absolute atomic E-state index is 11.1. The van der Waals surface area contributed by atoms with Crippen LogP contribution in [-0.4, -0.2) is 49.9 Å². The Hall–Kier alpha value is -0.940. The van der Waals surface area contributed by atoms with Gasteiger partial charge in [0.1, 0.15) is 5.78 Å². The average molecular weight is 188 g/mol. The number of methoxy groups -OCH3 is 1. The van der Waals surface area contributed by atoms with Crippen LogP contribution < -0.4 is 5.73 Å². The second-order valence-corrected chi connectivity index (χ2v) is 2.71. The molecule has 0 spiro atoms. The number of nitrogens with two attached hydrogens (primary N) is 1. The van der Waals surface area contributed by atoms with Crippen molar-refractivity contribution < 1.29 is 14.3 Å². The van der Waals surface area contributed by atoms with E-state index in [2.05, 4.69) is 0 Å². The van der Waals surface area contributed by atoms with Crippen molar-refractivity contribution in [1.29, 1.82) is 0 Å². The second kappa shape index (κ2) is 6.56. The highest BCUT2D eigenvalue weighted by Gasteiger charge is 2.12. The average Bonchev–Trinajstić information content (AvgIpc) is 2.10. The van der Waals surface area contributed by atoms with Gasteiger partial charge in [0.2, 0.25) is 5.91 Å². The molecule has 0 aromatic carbocycles. The summed E-state index contributed by atoms with van der Waals surface area (Å²) in [4.78, 5) is 23.3. The minimum absolute atomic E-state index is 0.0575. The van der Waals surface area contributed by atoms with Crippen LogP contribution in [0.4, 0.5) is 0 Å². The molecular weight excluding hydrogens is 172 g/mol. The fourth-order valence-electron chi connectivity index (χ4n) is 0.891. The number of hydrogen-bond donors (Lipinski definition) is 1. The van der Waals surface area contributed by atoms with Gasteiger partial charge in [0, 0.05) is 13.7 Å². The van der Waals surface area contributed by atoms with E-state index in [9.17, 15) is 9.59 Å². The van der Waals surface area contributed by atoms with Crippen molar-refractivity contribution in [3.05, 3.63) is 0 Å². The van der Waals surface area contributed by atoms with Gasteiger partial charge >= 0.3 is 0 Å². The Bertz CT molecular complexity index is 182. The Balaban J connectivity index is 4.02. The number of carbonyl (C=O) groups excluding carboxylic acids is 2. The molecule has 1 amide bonds. The van der Waals surface area contributed by atoms with Crippen molar-refractivity contribution in [3.63, 3.8) is 0 Å². The zero-order valence-corrected chi connectivity index (χ0v) is 8.08. The van der Waals surface area contributed by atoms with Crippen LogP contribution >= 0.6 is 0 Å². The third-order valence-corrected chi connectivity index (χ3v) is 1.51. The molecule has 0 aromatic rings. The van der Waals surface area contributed by atoms with E-state index in [1.54, 1.807) is 7.11 Å². The van der Waals surface area contributed by atoms with Crippen LogP contribution in [-0.2, 0) is 14.3 Å². The lowest BCUT2D eigenvalue weighted by Crippen LogP contribution is -2.40. The van der Waals surface area contributed by atoms with Crippen molar-refractivity contribution in [2.45, 2.75) is 6.92 Å². The van der Waals surface area contributed by atoms with Gasteiger partial charge in [-0.15, -0.1) is 0 Å². The van der Waals surface area contributed by atoms with E-state index < -0.39 is 0 Å². The lowest BCUT2D eigenvalue weighted by atomic mass is 10.3. The number of hydrogen-bond acceptors (Lipinski definition) is 4. The summed E-state index contributed by atoms with van der Waals surface area (Å²) in [5.74, 6) is -0.287. The summed E-state index contributed by atoms with van der Waals surface area (Å²) < 4.78 is 4.80. The molecule has 5 heteroatoms. The lowest BCUT2D eigenvalue weighted by Gasteiger charge is -2.19. The Morgan fingerprint density at radius 3 is 2.46 bits per heavy atom. The largest absolute Gasteiger partial charge is 0.383 e. The molecule has 2 N–H and O–H groups in total. The van der Waals surface area contributed by atoms with E-state index in [-0.39, 0.29) is 24.8 Å². The molecule has 0 saturated carbocycles. The highest BCUT2D eigenvalue weighted by atomic mass is 16.5. The Kier molecular flexibility index (Phi) is 6.09. The molecule has 0 unspecified atom stereocenters. The molecule has 0 aliphatic heterocycles. The van der Waals surface area contributed by atoms with E-state index in [1.165, 1.54) is 11.8 Å². The van der Waals surface area contributed by atoms with E-state index in [0.717, 1.165) is 0 Å². The SMILES string of the molecule is COCCN(CC(C)=O)C(=O)CN. The third kappa shape index (κ3) is 5.32. The molecule has 5 nitrogen and oxygen atoms in total. The van der Waals surface area contributed by atoms with Gasteiger partial charge in [-0.05, 0) is 6.92 Å². The molecule has 0 aliphatic rings. The summed E-state index contributed by atoms with van der Waals surface area (Å²) >= 11 is 0. The topological polar surface area (TPSA) is 72.6 Å². The molecule has 0 fully saturated rings. The van der Waals surface area contributed by atoms with Crippen LogP contribution in [0.25, 0.3) is 0 Å².